The van der Waals surface area contributed by atoms with Gasteiger partial charge in [0.15, 0.2) is 10.8 Å². The maximum Gasteiger partial charge on any atom is 0.407 e. The highest BCUT2D eigenvalue weighted by molar-refractivity contribution is 6.30. The molecule has 1 aliphatic heterocycles. The highest BCUT2D eigenvalue weighted by atomic mass is 35.5. The number of hydrogen-bond acceptors (Lipinski definition) is 4. The van der Waals surface area contributed by atoms with Crippen LogP contribution in [0.1, 0.15) is 12.1 Å². The van der Waals surface area contributed by atoms with Gasteiger partial charge in [0, 0.05) is 19.0 Å². The summed E-state index contributed by atoms with van der Waals surface area (Å²) in [6, 6.07) is 0. The summed E-state index contributed by atoms with van der Waals surface area (Å²) in [6.07, 6.45) is 1.19. The van der Waals surface area contributed by atoms with E-state index >= 15 is 0 Å². The summed E-state index contributed by atoms with van der Waals surface area (Å²) in [6.45, 7) is 0.929. The Kier molecular flexibility index (Phi) is 3.53. The van der Waals surface area contributed by atoms with E-state index < -0.39 is 6.09 Å². The lowest BCUT2D eigenvalue weighted by Gasteiger charge is -2.08. The Labute approximate surface area is 109 Å². The first kappa shape index (κ1) is 12.5. The highest BCUT2D eigenvalue weighted by Crippen LogP contribution is 2.16. The SMILES string of the molecule is Nc1cnc(C#CC2CCN(C(=O)O)C2)c(Cl)n1. The largest absolute Gasteiger partial charge is 0.465 e. The third kappa shape index (κ3) is 2.81. The number of nitrogen functional groups attached to an aromatic ring is 1. The summed E-state index contributed by atoms with van der Waals surface area (Å²) in [4.78, 5) is 19.9. The predicted molar refractivity (Wildman–Crippen MR) is 66.0 cm³/mol. The fourth-order valence-corrected chi connectivity index (χ4v) is 1.88. The number of carbonyl (C=O) groups is 1. The van der Waals surface area contributed by atoms with Crippen molar-refractivity contribution in [2.45, 2.75) is 6.42 Å². The number of aromatic nitrogens is 2. The minimum Gasteiger partial charge on any atom is -0.465 e. The Morgan fingerprint density at radius 2 is 2.44 bits per heavy atom. The molecule has 1 aromatic rings. The number of hydrogen-bond donors (Lipinski definition) is 2. The smallest absolute Gasteiger partial charge is 0.407 e. The third-order valence-electron chi connectivity index (χ3n) is 2.60. The van der Waals surface area contributed by atoms with Crippen LogP contribution in [0.4, 0.5) is 10.6 Å². The molecule has 3 N–H and O–H groups in total. The molecule has 0 spiro atoms. The fourth-order valence-electron chi connectivity index (χ4n) is 1.69. The van der Waals surface area contributed by atoms with Crippen LogP contribution in [-0.4, -0.2) is 39.2 Å². The second-order valence-electron chi connectivity index (χ2n) is 3.92. The molecule has 94 valence electrons. The van der Waals surface area contributed by atoms with Gasteiger partial charge in [0.1, 0.15) is 5.82 Å². The molecule has 1 saturated heterocycles. The van der Waals surface area contributed by atoms with Crippen LogP contribution in [-0.2, 0) is 0 Å². The van der Waals surface area contributed by atoms with Crippen LogP contribution in [0.5, 0.6) is 0 Å². The zero-order chi connectivity index (χ0) is 13.1. The number of likely N-dealkylation sites (tertiary alicyclic amines) is 1. The average molecular weight is 267 g/mol. The number of halogens is 1. The Bertz CT molecular complexity index is 538. The van der Waals surface area contributed by atoms with Crippen LogP contribution in [0.3, 0.4) is 0 Å². The van der Waals surface area contributed by atoms with Crippen LogP contribution in [0.15, 0.2) is 6.20 Å². The van der Waals surface area contributed by atoms with E-state index in [4.69, 9.17) is 22.4 Å². The monoisotopic (exact) mass is 266 g/mol. The normalized spacial score (nSPS) is 18.3. The first-order valence-electron chi connectivity index (χ1n) is 5.33. The molecule has 2 heterocycles. The molecular formula is C11H11ClN4O2. The molecule has 1 aliphatic rings. The standard InChI is InChI=1S/C11H11ClN4O2/c12-10-8(14-5-9(13)15-10)2-1-7-3-4-16(6-7)11(17)18/h5,7H,3-4,6H2,(H2,13,15)(H,17,18). The lowest BCUT2D eigenvalue weighted by molar-refractivity contribution is 0.155. The first-order valence-corrected chi connectivity index (χ1v) is 5.71. The summed E-state index contributed by atoms with van der Waals surface area (Å²) in [7, 11) is 0. The van der Waals surface area contributed by atoms with Crippen molar-refractivity contribution in [3.8, 4) is 11.8 Å². The molecule has 1 unspecified atom stereocenters. The summed E-state index contributed by atoms with van der Waals surface area (Å²) < 4.78 is 0. The zero-order valence-electron chi connectivity index (χ0n) is 9.43. The van der Waals surface area contributed by atoms with E-state index in [-0.39, 0.29) is 16.9 Å². The van der Waals surface area contributed by atoms with Gasteiger partial charge in [0.2, 0.25) is 0 Å². The average Bonchev–Trinajstić information content (AvgIpc) is 2.76. The molecular weight excluding hydrogens is 256 g/mol. The Morgan fingerprint density at radius 1 is 1.67 bits per heavy atom. The molecule has 18 heavy (non-hydrogen) atoms. The maximum atomic E-state index is 10.7. The second kappa shape index (κ2) is 5.10. The topological polar surface area (TPSA) is 92.3 Å². The van der Waals surface area contributed by atoms with Crippen molar-refractivity contribution in [3.63, 3.8) is 0 Å². The summed E-state index contributed by atoms with van der Waals surface area (Å²) in [5.41, 5.74) is 5.78. The lowest BCUT2D eigenvalue weighted by Crippen LogP contribution is -2.26. The zero-order valence-corrected chi connectivity index (χ0v) is 10.2. The van der Waals surface area contributed by atoms with E-state index in [1.54, 1.807) is 0 Å². The second-order valence-corrected chi connectivity index (χ2v) is 4.28. The predicted octanol–water partition coefficient (Wildman–Crippen LogP) is 1.06. The van der Waals surface area contributed by atoms with Crippen molar-refractivity contribution in [1.82, 2.24) is 14.9 Å². The van der Waals surface area contributed by atoms with Crippen molar-refractivity contribution >= 4 is 23.5 Å². The fraction of sp³-hybridized carbons (Fsp3) is 0.364. The summed E-state index contributed by atoms with van der Waals surface area (Å²) in [5, 5.41) is 8.97. The maximum absolute atomic E-state index is 10.7. The quantitative estimate of drug-likeness (QED) is 0.685. The van der Waals surface area contributed by atoms with Crippen molar-refractivity contribution in [3.05, 3.63) is 17.0 Å². The van der Waals surface area contributed by atoms with E-state index in [0.717, 1.165) is 6.42 Å². The van der Waals surface area contributed by atoms with Crippen molar-refractivity contribution in [2.75, 3.05) is 18.8 Å². The third-order valence-corrected chi connectivity index (χ3v) is 2.87. The van der Waals surface area contributed by atoms with Gasteiger partial charge in [-0.25, -0.2) is 14.8 Å². The van der Waals surface area contributed by atoms with Crippen LogP contribution >= 0.6 is 11.6 Å². The molecule has 1 atom stereocenters. The van der Waals surface area contributed by atoms with E-state index in [1.165, 1.54) is 11.1 Å². The van der Waals surface area contributed by atoms with E-state index in [0.29, 0.717) is 18.8 Å². The van der Waals surface area contributed by atoms with Crippen LogP contribution in [0.2, 0.25) is 5.15 Å². The first-order chi connectivity index (χ1) is 8.56. The molecule has 7 heteroatoms. The summed E-state index contributed by atoms with van der Waals surface area (Å²) in [5.74, 6) is 6.02. The number of rotatable bonds is 0. The minimum atomic E-state index is -0.912. The molecule has 6 nitrogen and oxygen atoms in total. The molecule has 1 amide bonds. The van der Waals surface area contributed by atoms with Gasteiger partial charge >= 0.3 is 6.09 Å². The van der Waals surface area contributed by atoms with Gasteiger partial charge in [-0.1, -0.05) is 17.5 Å². The number of carboxylic acid groups (broad SMARTS) is 1. The highest BCUT2D eigenvalue weighted by Gasteiger charge is 2.24. The summed E-state index contributed by atoms with van der Waals surface area (Å²) >= 11 is 5.83. The van der Waals surface area contributed by atoms with Gasteiger partial charge in [-0.05, 0) is 12.3 Å². The van der Waals surface area contributed by atoms with Gasteiger partial charge in [-0.2, -0.15) is 0 Å². The lowest BCUT2D eigenvalue weighted by atomic mass is 10.1. The molecule has 0 aliphatic carbocycles. The number of amides is 1. The molecule has 0 aromatic carbocycles. The van der Waals surface area contributed by atoms with Crippen LogP contribution in [0, 0.1) is 17.8 Å². The van der Waals surface area contributed by atoms with E-state index in [9.17, 15) is 4.79 Å². The Morgan fingerprint density at radius 3 is 3.06 bits per heavy atom. The molecule has 0 saturated carbocycles. The van der Waals surface area contributed by atoms with Crippen molar-refractivity contribution in [2.24, 2.45) is 5.92 Å². The minimum absolute atomic E-state index is 0.0107. The van der Waals surface area contributed by atoms with Gasteiger partial charge in [-0.3, -0.25) is 0 Å². The van der Waals surface area contributed by atoms with Gasteiger partial charge in [0.25, 0.3) is 0 Å². The molecule has 2 rings (SSSR count). The number of nitrogens with two attached hydrogens (primary N) is 1. The number of anilines is 1. The van der Waals surface area contributed by atoms with Gasteiger partial charge < -0.3 is 15.7 Å². The Hall–Kier alpha value is -2.00. The molecule has 1 fully saturated rings. The van der Waals surface area contributed by atoms with Crippen molar-refractivity contribution < 1.29 is 9.90 Å². The number of nitrogens with zero attached hydrogens (tertiary/aromatic N) is 3. The molecule has 1 aromatic heterocycles. The van der Waals surface area contributed by atoms with Gasteiger partial charge in [-0.15, -0.1) is 0 Å². The molecule has 0 bridgehead atoms. The Balaban J connectivity index is 2.07. The van der Waals surface area contributed by atoms with Gasteiger partial charge in [0.05, 0.1) is 6.20 Å². The van der Waals surface area contributed by atoms with Crippen LogP contribution < -0.4 is 5.73 Å². The van der Waals surface area contributed by atoms with Crippen LogP contribution in [0.25, 0.3) is 0 Å². The van der Waals surface area contributed by atoms with E-state index in [2.05, 4.69) is 21.8 Å². The molecule has 0 radical (unpaired) electrons. The van der Waals surface area contributed by atoms with E-state index in [1.807, 2.05) is 0 Å². The van der Waals surface area contributed by atoms with Crippen molar-refractivity contribution in [1.29, 1.82) is 0 Å².